The van der Waals surface area contributed by atoms with E-state index in [1.807, 2.05) is 35.2 Å². The number of aliphatic hydroxyl groups is 1. The van der Waals surface area contributed by atoms with Crippen molar-refractivity contribution in [2.75, 3.05) is 39.3 Å². The van der Waals surface area contributed by atoms with E-state index in [0.717, 1.165) is 0 Å². The van der Waals surface area contributed by atoms with Crippen LogP contribution in [0, 0.1) is 5.82 Å². The Labute approximate surface area is 152 Å². The highest BCUT2D eigenvalue weighted by atomic mass is 19.1. The third kappa shape index (κ3) is 4.80. The molecule has 1 unspecified atom stereocenters. The molecule has 1 fully saturated rings. The molecule has 6 heteroatoms. The van der Waals surface area contributed by atoms with Gasteiger partial charge < -0.3 is 14.7 Å². The topological polar surface area (TPSA) is 53.0 Å². The van der Waals surface area contributed by atoms with Crippen LogP contribution in [0.2, 0.25) is 0 Å². The fourth-order valence-electron chi connectivity index (χ4n) is 3.00. The van der Waals surface area contributed by atoms with Crippen molar-refractivity contribution in [2.45, 2.75) is 6.10 Å². The zero-order valence-electron chi connectivity index (χ0n) is 14.6. The molecule has 5 nitrogen and oxygen atoms in total. The van der Waals surface area contributed by atoms with Gasteiger partial charge in [0, 0.05) is 38.3 Å². The van der Waals surface area contributed by atoms with Crippen LogP contribution < -0.4 is 4.74 Å². The van der Waals surface area contributed by atoms with Crippen LogP contribution >= 0.6 is 0 Å². The second-order valence-electron chi connectivity index (χ2n) is 6.35. The SMILES string of the molecule is O=C(c1ccccc1)N1CCN(CC(O)COc2ccccc2F)CC1. The molecule has 0 aromatic heterocycles. The minimum absolute atomic E-state index is 0.0318. The summed E-state index contributed by atoms with van der Waals surface area (Å²) in [5.41, 5.74) is 0.694. The maximum atomic E-state index is 13.5. The van der Waals surface area contributed by atoms with E-state index in [4.69, 9.17) is 4.74 Å². The third-order valence-electron chi connectivity index (χ3n) is 4.42. The van der Waals surface area contributed by atoms with Crippen LogP contribution in [0.3, 0.4) is 0 Å². The summed E-state index contributed by atoms with van der Waals surface area (Å²) in [6.45, 7) is 3.08. The molecule has 1 heterocycles. The highest BCUT2D eigenvalue weighted by Crippen LogP contribution is 2.16. The normalized spacial score (nSPS) is 16.3. The first-order valence-electron chi connectivity index (χ1n) is 8.75. The van der Waals surface area contributed by atoms with Gasteiger partial charge in [-0.05, 0) is 24.3 Å². The molecule has 1 saturated heterocycles. The molecule has 2 aromatic rings. The maximum absolute atomic E-state index is 13.5. The highest BCUT2D eigenvalue weighted by molar-refractivity contribution is 5.94. The Hall–Kier alpha value is -2.44. The molecule has 138 valence electrons. The number of aliphatic hydroxyl groups excluding tert-OH is 1. The zero-order valence-corrected chi connectivity index (χ0v) is 14.6. The van der Waals surface area contributed by atoms with Crippen molar-refractivity contribution in [2.24, 2.45) is 0 Å². The molecule has 1 aliphatic rings. The second-order valence-corrected chi connectivity index (χ2v) is 6.35. The molecule has 1 atom stereocenters. The first kappa shape index (κ1) is 18.4. The van der Waals surface area contributed by atoms with Gasteiger partial charge in [0.15, 0.2) is 11.6 Å². The summed E-state index contributed by atoms with van der Waals surface area (Å²) in [5.74, 6) is -0.258. The number of nitrogens with zero attached hydrogens (tertiary/aromatic N) is 2. The van der Waals surface area contributed by atoms with Crippen LogP contribution in [-0.2, 0) is 0 Å². The lowest BCUT2D eigenvalue weighted by molar-refractivity contribution is 0.0398. The van der Waals surface area contributed by atoms with E-state index in [9.17, 15) is 14.3 Å². The molecule has 0 saturated carbocycles. The Morgan fingerprint density at radius 2 is 1.69 bits per heavy atom. The Morgan fingerprint density at radius 3 is 2.38 bits per heavy atom. The molecule has 0 radical (unpaired) electrons. The Balaban J connectivity index is 1.42. The van der Waals surface area contributed by atoms with Crippen molar-refractivity contribution in [1.29, 1.82) is 0 Å². The van der Waals surface area contributed by atoms with Gasteiger partial charge in [-0.1, -0.05) is 30.3 Å². The van der Waals surface area contributed by atoms with E-state index in [2.05, 4.69) is 4.90 Å². The average molecular weight is 358 g/mol. The van der Waals surface area contributed by atoms with Crippen LogP contribution in [0.4, 0.5) is 4.39 Å². The summed E-state index contributed by atoms with van der Waals surface area (Å²) >= 11 is 0. The van der Waals surface area contributed by atoms with Gasteiger partial charge in [0.2, 0.25) is 0 Å². The number of ether oxygens (including phenoxy) is 1. The van der Waals surface area contributed by atoms with E-state index in [0.29, 0.717) is 38.3 Å². The molecule has 1 amide bonds. The molecular formula is C20H23FN2O3. The summed E-state index contributed by atoms with van der Waals surface area (Å²) in [6, 6.07) is 15.4. The van der Waals surface area contributed by atoms with E-state index < -0.39 is 11.9 Å². The van der Waals surface area contributed by atoms with Gasteiger partial charge in [0.25, 0.3) is 5.91 Å². The molecule has 26 heavy (non-hydrogen) atoms. The van der Waals surface area contributed by atoms with Gasteiger partial charge >= 0.3 is 0 Å². The second kappa shape index (κ2) is 8.78. The van der Waals surface area contributed by atoms with Crippen molar-refractivity contribution in [1.82, 2.24) is 9.80 Å². The van der Waals surface area contributed by atoms with Crippen LogP contribution in [0.25, 0.3) is 0 Å². The number of halogens is 1. The fourth-order valence-corrected chi connectivity index (χ4v) is 3.00. The minimum Gasteiger partial charge on any atom is -0.488 e. The predicted molar refractivity (Wildman–Crippen MR) is 96.7 cm³/mol. The lowest BCUT2D eigenvalue weighted by Gasteiger charge is -2.35. The first-order chi connectivity index (χ1) is 12.6. The molecule has 0 bridgehead atoms. The van der Waals surface area contributed by atoms with Gasteiger partial charge in [0.1, 0.15) is 12.7 Å². The molecule has 2 aromatic carbocycles. The van der Waals surface area contributed by atoms with Gasteiger partial charge in [-0.25, -0.2) is 4.39 Å². The zero-order chi connectivity index (χ0) is 18.4. The van der Waals surface area contributed by atoms with Crippen LogP contribution in [0.5, 0.6) is 5.75 Å². The largest absolute Gasteiger partial charge is 0.488 e. The number of hydrogen-bond donors (Lipinski definition) is 1. The van der Waals surface area contributed by atoms with Crippen molar-refractivity contribution in [3.63, 3.8) is 0 Å². The number of rotatable bonds is 6. The van der Waals surface area contributed by atoms with E-state index in [1.54, 1.807) is 12.1 Å². The van der Waals surface area contributed by atoms with E-state index >= 15 is 0 Å². The Bertz CT molecular complexity index is 718. The number of carbonyl (C=O) groups excluding carboxylic acids is 1. The number of piperazine rings is 1. The predicted octanol–water partition coefficient (Wildman–Crippen LogP) is 2.02. The molecule has 0 spiro atoms. The van der Waals surface area contributed by atoms with E-state index in [-0.39, 0.29) is 18.3 Å². The number of β-amino-alcohol motifs (C(OH)–C–C–N with tert-alkyl or cyclic N) is 1. The number of para-hydroxylation sites is 1. The number of amides is 1. The summed E-state index contributed by atoms with van der Waals surface area (Å²) in [5, 5.41) is 10.1. The number of benzene rings is 2. The van der Waals surface area contributed by atoms with E-state index in [1.165, 1.54) is 12.1 Å². The summed E-state index contributed by atoms with van der Waals surface area (Å²) in [7, 11) is 0. The Kier molecular flexibility index (Phi) is 6.20. The Morgan fingerprint density at radius 1 is 1.04 bits per heavy atom. The lowest BCUT2D eigenvalue weighted by Crippen LogP contribution is -2.50. The van der Waals surface area contributed by atoms with Crippen molar-refractivity contribution in [3.8, 4) is 5.75 Å². The van der Waals surface area contributed by atoms with Crippen LogP contribution in [0.15, 0.2) is 54.6 Å². The summed E-state index contributed by atoms with van der Waals surface area (Å²) in [6.07, 6.45) is -0.717. The fraction of sp³-hybridized carbons (Fsp3) is 0.350. The van der Waals surface area contributed by atoms with Crippen LogP contribution in [0.1, 0.15) is 10.4 Å². The molecule has 0 aliphatic carbocycles. The summed E-state index contributed by atoms with van der Waals surface area (Å²) in [4.78, 5) is 16.3. The number of carbonyl (C=O) groups is 1. The van der Waals surface area contributed by atoms with Gasteiger partial charge in [-0.15, -0.1) is 0 Å². The first-order valence-corrected chi connectivity index (χ1v) is 8.75. The smallest absolute Gasteiger partial charge is 0.253 e. The van der Waals surface area contributed by atoms with Crippen molar-refractivity contribution >= 4 is 5.91 Å². The summed E-state index contributed by atoms with van der Waals surface area (Å²) < 4.78 is 18.8. The molecule has 1 N–H and O–H groups in total. The third-order valence-corrected chi connectivity index (χ3v) is 4.42. The monoisotopic (exact) mass is 358 g/mol. The van der Waals surface area contributed by atoms with Crippen molar-refractivity contribution < 1.29 is 19.0 Å². The molecule has 3 rings (SSSR count). The highest BCUT2D eigenvalue weighted by Gasteiger charge is 2.23. The lowest BCUT2D eigenvalue weighted by atomic mass is 10.2. The standard InChI is InChI=1S/C20H23FN2O3/c21-18-8-4-5-9-19(18)26-15-17(24)14-22-10-12-23(13-11-22)20(25)16-6-2-1-3-7-16/h1-9,17,24H,10-15H2. The van der Waals surface area contributed by atoms with Gasteiger partial charge in [0.05, 0.1) is 0 Å². The molecular weight excluding hydrogens is 335 g/mol. The van der Waals surface area contributed by atoms with Gasteiger partial charge in [-0.2, -0.15) is 0 Å². The van der Waals surface area contributed by atoms with Crippen LogP contribution in [-0.4, -0.2) is 66.2 Å². The van der Waals surface area contributed by atoms with Crippen molar-refractivity contribution in [3.05, 3.63) is 66.0 Å². The average Bonchev–Trinajstić information content (AvgIpc) is 2.68. The van der Waals surface area contributed by atoms with Gasteiger partial charge in [-0.3, -0.25) is 9.69 Å². The molecule has 1 aliphatic heterocycles. The maximum Gasteiger partial charge on any atom is 0.253 e. The minimum atomic E-state index is -0.717. The number of hydrogen-bond acceptors (Lipinski definition) is 4. The quantitative estimate of drug-likeness (QED) is 0.859.